The van der Waals surface area contributed by atoms with Gasteiger partial charge in [0, 0.05) is 43.3 Å². The largest absolute Gasteiger partial charge is 0.334 e. The second-order valence-electron chi connectivity index (χ2n) is 7.66. The highest BCUT2D eigenvalue weighted by Crippen LogP contribution is 2.32. The Balaban J connectivity index is 1.56. The van der Waals surface area contributed by atoms with Gasteiger partial charge in [0.15, 0.2) is 0 Å². The van der Waals surface area contributed by atoms with E-state index >= 15 is 0 Å². The van der Waals surface area contributed by atoms with Gasteiger partial charge in [-0.3, -0.25) is 9.59 Å². The number of carbonyl (C=O) groups excluding carboxylic acids is 2. The Bertz CT molecular complexity index is 702. The van der Waals surface area contributed by atoms with Crippen LogP contribution >= 0.6 is 0 Å². The van der Waals surface area contributed by atoms with Crippen molar-refractivity contribution in [1.29, 1.82) is 0 Å². The number of anilines is 1. The van der Waals surface area contributed by atoms with Crippen LogP contribution in [-0.4, -0.2) is 60.4 Å². The number of hydrogen-bond acceptors (Lipinski definition) is 3. The number of amides is 2. The molecule has 3 heterocycles. The van der Waals surface area contributed by atoms with Gasteiger partial charge in [-0.25, -0.2) is 0 Å². The molecule has 0 aliphatic carbocycles. The van der Waals surface area contributed by atoms with Gasteiger partial charge in [-0.2, -0.15) is 0 Å². The summed E-state index contributed by atoms with van der Waals surface area (Å²) in [5.74, 6) is 0.230. The first-order chi connectivity index (χ1) is 12.1. The fraction of sp³-hybridized carbons (Fsp3) is 0.600. The molecule has 1 aromatic rings. The minimum Gasteiger partial charge on any atom is -0.334 e. The highest BCUT2D eigenvalue weighted by atomic mass is 16.2. The Morgan fingerprint density at radius 2 is 1.80 bits per heavy atom. The average Bonchev–Trinajstić information content (AvgIpc) is 3.31. The van der Waals surface area contributed by atoms with Gasteiger partial charge in [0.1, 0.15) is 0 Å². The number of fused-ring (bicyclic) bond motifs is 1. The van der Waals surface area contributed by atoms with Gasteiger partial charge in [0.05, 0.1) is 0 Å². The molecule has 0 N–H and O–H groups in total. The van der Waals surface area contributed by atoms with Crippen LogP contribution in [0.25, 0.3) is 0 Å². The fourth-order valence-electron chi connectivity index (χ4n) is 4.89. The monoisotopic (exact) mass is 341 g/mol. The summed E-state index contributed by atoms with van der Waals surface area (Å²) in [5, 5.41) is 0. The second-order valence-corrected chi connectivity index (χ2v) is 7.66. The Hall–Kier alpha value is -1.88. The molecule has 2 fully saturated rings. The Kier molecular flexibility index (Phi) is 4.28. The summed E-state index contributed by atoms with van der Waals surface area (Å²) >= 11 is 0. The minimum absolute atomic E-state index is 0.0710. The van der Waals surface area contributed by atoms with Gasteiger partial charge in [-0.15, -0.1) is 0 Å². The Morgan fingerprint density at radius 3 is 2.52 bits per heavy atom. The molecule has 25 heavy (non-hydrogen) atoms. The van der Waals surface area contributed by atoms with Crippen molar-refractivity contribution < 1.29 is 9.59 Å². The third-order valence-corrected chi connectivity index (χ3v) is 6.18. The van der Waals surface area contributed by atoms with E-state index in [1.165, 1.54) is 12.8 Å². The van der Waals surface area contributed by atoms with Crippen LogP contribution < -0.4 is 4.90 Å². The maximum atomic E-state index is 13.2. The summed E-state index contributed by atoms with van der Waals surface area (Å²) < 4.78 is 0. The van der Waals surface area contributed by atoms with Gasteiger partial charge in [-0.05, 0) is 69.5 Å². The maximum absolute atomic E-state index is 13.2. The zero-order valence-corrected chi connectivity index (χ0v) is 15.2. The zero-order valence-electron chi connectivity index (χ0n) is 15.2. The molecule has 3 aliphatic heterocycles. The summed E-state index contributed by atoms with van der Waals surface area (Å²) in [6, 6.07) is 6.71. The highest BCUT2D eigenvalue weighted by Gasteiger charge is 2.38. The van der Waals surface area contributed by atoms with E-state index in [2.05, 4.69) is 16.8 Å². The molecular formula is C20H27N3O2. The lowest BCUT2D eigenvalue weighted by Crippen LogP contribution is -2.47. The van der Waals surface area contributed by atoms with Crippen molar-refractivity contribution >= 4 is 17.5 Å². The van der Waals surface area contributed by atoms with Gasteiger partial charge in [0.2, 0.25) is 5.91 Å². The van der Waals surface area contributed by atoms with Gasteiger partial charge < -0.3 is 14.7 Å². The van der Waals surface area contributed by atoms with Crippen molar-refractivity contribution in [1.82, 2.24) is 9.80 Å². The van der Waals surface area contributed by atoms with E-state index < -0.39 is 0 Å². The molecule has 0 unspecified atom stereocenters. The molecule has 4 rings (SSSR count). The minimum atomic E-state index is 0.0710. The number of nitrogens with zero attached hydrogens (tertiary/aromatic N) is 3. The van der Waals surface area contributed by atoms with E-state index in [-0.39, 0.29) is 11.8 Å². The topological polar surface area (TPSA) is 43.9 Å². The predicted molar refractivity (Wildman–Crippen MR) is 97.9 cm³/mol. The molecular weight excluding hydrogens is 314 g/mol. The Morgan fingerprint density at radius 1 is 1.04 bits per heavy atom. The summed E-state index contributed by atoms with van der Waals surface area (Å²) in [7, 11) is 2.18. The third-order valence-electron chi connectivity index (χ3n) is 6.18. The maximum Gasteiger partial charge on any atom is 0.254 e. The first-order valence-corrected chi connectivity index (χ1v) is 9.48. The Labute approximate surface area is 149 Å². The lowest BCUT2D eigenvalue weighted by Gasteiger charge is -2.33. The number of rotatable bonds is 2. The molecule has 2 amide bonds. The standard InChI is InChI=1S/C20H27N3O2/c1-14(24)22-12-9-15-13-16(7-8-17(15)22)20(25)23-11-4-6-19(23)18-5-3-10-21(18)2/h7-8,13,18-19H,3-6,9-12H2,1-2H3/t18-,19+/m1/s1. The first-order valence-electron chi connectivity index (χ1n) is 9.48. The summed E-state index contributed by atoms with van der Waals surface area (Å²) in [6.45, 7) is 4.33. The molecule has 1 aromatic carbocycles. The molecule has 2 atom stereocenters. The molecule has 3 aliphatic rings. The van der Waals surface area contributed by atoms with Crippen molar-refractivity contribution in [2.24, 2.45) is 0 Å². The number of likely N-dealkylation sites (tertiary alicyclic amines) is 2. The second kappa shape index (κ2) is 6.45. The van der Waals surface area contributed by atoms with E-state index in [0.29, 0.717) is 12.1 Å². The number of likely N-dealkylation sites (N-methyl/N-ethyl adjacent to an activating group) is 1. The molecule has 0 saturated carbocycles. The predicted octanol–water partition coefficient (Wildman–Crippen LogP) is 2.29. The van der Waals surface area contributed by atoms with Crippen molar-refractivity contribution in [3.8, 4) is 0 Å². The van der Waals surface area contributed by atoms with Crippen LogP contribution in [0.2, 0.25) is 0 Å². The van der Waals surface area contributed by atoms with Crippen LogP contribution in [0.5, 0.6) is 0 Å². The molecule has 134 valence electrons. The third kappa shape index (κ3) is 2.84. The van der Waals surface area contributed by atoms with E-state index in [9.17, 15) is 9.59 Å². The lowest BCUT2D eigenvalue weighted by molar-refractivity contribution is -0.116. The smallest absolute Gasteiger partial charge is 0.254 e. The quantitative estimate of drug-likeness (QED) is 0.829. The molecule has 0 bridgehead atoms. The van der Waals surface area contributed by atoms with Crippen LogP contribution in [0.1, 0.15) is 48.5 Å². The SMILES string of the molecule is CC(=O)N1CCc2cc(C(=O)N3CCC[C@H]3[C@H]3CCCN3C)ccc21. The van der Waals surface area contributed by atoms with E-state index in [1.54, 1.807) is 11.8 Å². The summed E-state index contributed by atoms with van der Waals surface area (Å²) in [4.78, 5) is 31.2. The molecule has 5 heteroatoms. The van der Waals surface area contributed by atoms with Gasteiger partial charge in [0.25, 0.3) is 5.91 Å². The van der Waals surface area contributed by atoms with E-state index in [0.717, 1.165) is 55.7 Å². The lowest BCUT2D eigenvalue weighted by atomic mass is 10.0. The van der Waals surface area contributed by atoms with Crippen molar-refractivity contribution in [2.75, 3.05) is 31.6 Å². The van der Waals surface area contributed by atoms with E-state index in [4.69, 9.17) is 0 Å². The number of carbonyl (C=O) groups is 2. The van der Waals surface area contributed by atoms with Crippen LogP contribution in [0.3, 0.4) is 0 Å². The number of benzene rings is 1. The molecule has 5 nitrogen and oxygen atoms in total. The van der Waals surface area contributed by atoms with Crippen molar-refractivity contribution in [2.45, 2.75) is 51.1 Å². The van der Waals surface area contributed by atoms with Crippen LogP contribution in [-0.2, 0) is 11.2 Å². The summed E-state index contributed by atoms with van der Waals surface area (Å²) in [6.07, 6.45) is 5.49. The molecule has 0 radical (unpaired) electrons. The van der Waals surface area contributed by atoms with Crippen molar-refractivity contribution in [3.05, 3.63) is 29.3 Å². The fourth-order valence-corrected chi connectivity index (χ4v) is 4.89. The molecule has 0 aromatic heterocycles. The van der Waals surface area contributed by atoms with E-state index in [1.807, 2.05) is 18.2 Å². The zero-order chi connectivity index (χ0) is 17.6. The van der Waals surface area contributed by atoms with Gasteiger partial charge in [-0.1, -0.05) is 0 Å². The van der Waals surface area contributed by atoms with Crippen LogP contribution in [0.4, 0.5) is 5.69 Å². The van der Waals surface area contributed by atoms with Crippen LogP contribution in [0.15, 0.2) is 18.2 Å². The average molecular weight is 341 g/mol. The van der Waals surface area contributed by atoms with Gasteiger partial charge >= 0.3 is 0 Å². The summed E-state index contributed by atoms with van der Waals surface area (Å²) in [5.41, 5.74) is 2.86. The molecule has 0 spiro atoms. The highest BCUT2D eigenvalue weighted by molar-refractivity contribution is 5.98. The van der Waals surface area contributed by atoms with Crippen LogP contribution in [0, 0.1) is 0 Å². The van der Waals surface area contributed by atoms with Crippen molar-refractivity contribution in [3.63, 3.8) is 0 Å². The molecule has 2 saturated heterocycles. The number of hydrogen-bond donors (Lipinski definition) is 0. The normalized spacial score (nSPS) is 26.3. The first kappa shape index (κ1) is 16.6.